The number of hydrogen-bond acceptors (Lipinski definition) is 1. The van der Waals surface area contributed by atoms with E-state index in [1.807, 2.05) is 0 Å². The van der Waals surface area contributed by atoms with E-state index >= 15 is 0 Å². The van der Waals surface area contributed by atoms with Crippen molar-refractivity contribution in [2.75, 3.05) is 0 Å². The Balaban J connectivity index is 2.68. The monoisotopic (exact) mass is 196 g/mol. The highest BCUT2D eigenvalue weighted by Crippen LogP contribution is 2.12. The van der Waals surface area contributed by atoms with Gasteiger partial charge in [-0.05, 0) is 12.1 Å². The average Bonchev–Trinajstić information content (AvgIpc) is 2.56. The lowest BCUT2D eigenvalue weighted by molar-refractivity contribution is 0.591. The Morgan fingerprint density at radius 3 is 2.71 bits per heavy atom. The quantitative estimate of drug-likeness (QED) is 0.736. The molecule has 0 saturated heterocycles. The third kappa shape index (κ3) is 1.32. The van der Waals surface area contributed by atoms with E-state index in [4.69, 9.17) is 0 Å². The van der Waals surface area contributed by atoms with Gasteiger partial charge in [0.05, 0.1) is 5.69 Å². The maximum absolute atomic E-state index is 13.2. The van der Waals surface area contributed by atoms with Gasteiger partial charge in [0.25, 0.3) is 0 Å². The number of aromatic nitrogens is 2. The molecule has 2 aromatic rings. The zero-order chi connectivity index (χ0) is 10.1. The van der Waals surface area contributed by atoms with Crippen LogP contribution in [0.2, 0.25) is 0 Å². The second-order valence-electron chi connectivity index (χ2n) is 2.73. The molecular formula is C9H6F2N2O. The fourth-order valence-corrected chi connectivity index (χ4v) is 1.18. The number of halogens is 2. The molecule has 0 bridgehead atoms. The number of imidazole rings is 1. The van der Waals surface area contributed by atoms with Gasteiger partial charge in [0.15, 0.2) is 0 Å². The molecule has 1 heterocycles. The van der Waals surface area contributed by atoms with Crippen LogP contribution in [0.15, 0.2) is 35.4 Å². The van der Waals surface area contributed by atoms with Crippen molar-refractivity contribution in [1.29, 1.82) is 0 Å². The largest absolute Gasteiger partial charge is 0.330 e. The summed E-state index contributed by atoms with van der Waals surface area (Å²) in [5.74, 6) is -1.23. The number of rotatable bonds is 1. The number of hydrogen-bond donors (Lipinski definition) is 1. The molecular weight excluding hydrogens is 190 g/mol. The van der Waals surface area contributed by atoms with E-state index in [-0.39, 0.29) is 5.69 Å². The molecule has 72 valence electrons. The predicted molar refractivity (Wildman–Crippen MR) is 46.3 cm³/mol. The van der Waals surface area contributed by atoms with Crippen molar-refractivity contribution in [3.63, 3.8) is 0 Å². The van der Waals surface area contributed by atoms with Crippen LogP contribution in [0.3, 0.4) is 0 Å². The summed E-state index contributed by atoms with van der Waals surface area (Å²) in [4.78, 5) is 13.4. The zero-order valence-corrected chi connectivity index (χ0v) is 7.00. The highest BCUT2D eigenvalue weighted by Gasteiger charge is 2.07. The minimum Gasteiger partial charge on any atom is -0.312 e. The maximum atomic E-state index is 13.2. The van der Waals surface area contributed by atoms with Crippen molar-refractivity contribution in [3.8, 4) is 5.69 Å². The van der Waals surface area contributed by atoms with Crippen molar-refractivity contribution >= 4 is 0 Å². The first kappa shape index (κ1) is 8.68. The first-order chi connectivity index (χ1) is 6.68. The first-order valence-corrected chi connectivity index (χ1v) is 3.90. The summed E-state index contributed by atoms with van der Waals surface area (Å²) in [5.41, 5.74) is -0.606. The van der Waals surface area contributed by atoms with Crippen LogP contribution in [0.4, 0.5) is 8.78 Å². The maximum Gasteiger partial charge on any atom is 0.330 e. The van der Waals surface area contributed by atoms with E-state index in [9.17, 15) is 13.6 Å². The Kier molecular flexibility index (Phi) is 1.92. The van der Waals surface area contributed by atoms with E-state index < -0.39 is 17.3 Å². The summed E-state index contributed by atoms with van der Waals surface area (Å²) in [6, 6.07) is 2.94. The fraction of sp³-hybridized carbons (Fsp3) is 0. The number of nitrogens with one attached hydrogen (secondary N) is 1. The molecule has 14 heavy (non-hydrogen) atoms. The van der Waals surface area contributed by atoms with Crippen LogP contribution in [-0.2, 0) is 0 Å². The Bertz CT molecular complexity index is 516. The molecule has 0 aliphatic carbocycles. The van der Waals surface area contributed by atoms with Crippen molar-refractivity contribution in [3.05, 3.63) is 52.7 Å². The smallest absolute Gasteiger partial charge is 0.312 e. The third-order valence-corrected chi connectivity index (χ3v) is 1.82. The summed E-state index contributed by atoms with van der Waals surface area (Å²) in [5, 5.41) is 0. The van der Waals surface area contributed by atoms with Crippen LogP contribution in [0.25, 0.3) is 5.69 Å². The summed E-state index contributed by atoms with van der Waals surface area (Å²) >= 11 is 0. The summed E-state index contributed by atoms with van der Waals surface area (Å²) < 4.78 is 26.9. The molecule has 1 aromatic carbocycles. The Morgan fingerprint density at radius 1 is 1.29 bits per heavy atom. The van der Waals surface area contributed by atoms with Gasteiger partial charge in [0.1, 0.15) is 11.6 Å². The summed E-state index contributed by atoms with van der Waals surface area (Å²) in [6.45, 7) is 0. The van der Waals surface area contributed by atoms with Crippen molar-refractivity contribution in [2.24, 2.45) is 0 Å². The van der Waals surface area contributed by atoms with Gasteiger partial charge in [0, 0.05) is 18.5 Å². The molecule has 0 aliphatic heterocycles. The number of nitrogens with zero attached hydrogens (tertiary/aromatic N) is 1. The standard InChI is InChI=1S/C9H6F2N2O/c10-6-1-2-7(11)8(5-6)13-4-3-12-9(13)14/h1-5H,(H,12,14). The number of H-pyrrole nitrogens is 1. The Labute approximate surface area is 77.6 Å². The number of benzene rings is 1. The van der Waals surface area contributed by atoms with Gasteiger partial charge < -0.3 is 4.98 Å². The average molecular weight is 196 g/mol. The highest BCUT2D eigenvalue weighted by molar-refractivity contribution is 5.33. The molecule has 1 N–H and O–H groups in total. The molecule has 0 fully saturated rings. The van der Waals surface area contributed by atoms with Gasteiger partial charge in [-0.15, -0.1) is 0 Å². The van der Waals surface area contributed by atoms with E-state index in [0.717, 1.165) is 22.8 Å². The van der Waals surface area contributed by atoms with Crippen molar-refractivity contribution in [1.82, 2.24) is 9.55 Å². The van der Waals surface area contributed by atoms with Crippen LogP contribution in [0.1, 0.15) is 0 Å². The second-order valence-corrected chi connectivity index (χ2v) is 2.73. The normalized spacial score (nSPS) is 10.4. The van der Waals surface area contributed by atoms with Gasteiger partial charge in [-0.2, -0.15) is 0 Å². The van der Waals surface area contributed by atoms with Crippen molar-refractivity contribution < 1.29 is 8.78 Å². The van der Waals surface area contributed by atoms with Crippen LogP contribution in [0.5, 0.6) is 0 Å². The molecule has 1 aromatic heterocycles. The van der Waals surface area contributed by atoms with Crippen LogP contribution >= 0.6 is 0 Å². The molecule has 0 saturated carbocycles. The lowest BCUT2D eigenvalue weighted by atomic mass is 10.3. The molecule has 0 amide bonds. The molecule has 0 radical (unpaired) electrons. The van der Waals surface area contributed by atoms with Crippen LogP contribution in [0, 0.1) is 11.6 Å². The predicted octanol–water partition coefficient (Wildman–Crippen LogP) is 1.44. The van der Waals surface area contributed by atoms with Gasteiger partial charge in [0.2, 0.25) is 0 Å². The minimum absolute atomic E-state index is 0.101. The minimum atomic E-state index is -0.645. The fourth-order valence-electron chi connectivity index (χ4n) is 1.18. The van der Waals surface area contributed by atoms with E-state index in [1.165, 1.54) is 12.4 Å². The molecule has 5 heteroatoms. The zero-order valence-electron chi connectivity index (χ0n) is 7.00. The Hall–Kier alpha value is -1.91. The molecule has 0 atom stereocenters. The first-order valence-electron chi connectivity index (χ1n) is 3.90. The van der Waals surface area contributed by atoms with E-state index in [1.54, 1.807) is 0 Å². The summed E-state index contributed by atoms with van der Waals surface area (Å²) in [7, 11) is 0. The van der Waals surface area contributed by atoms with Crippen LogP contribution in [-0.4, -0.2) is 9.55 Å². The molecule has 0 unspecified atom stereocenters. The molecule has 0 spiro atoms. The SMILES string of the molecule is O=c1[nH]ccn1-c1cc(F)ccc1F. The highest BCUT2D eigenvalue weighted by atomic mass is 19.1. The van der Waals surface area contributed by atoms with E-state index in [2.05, 4.69) is 4.98 Å². The topological polar surface area (TPSA) is 37.8 Å². The summed E-state index contributed by atoms with van der Waals surface area (Å²) in [6.07, 6.45) is 2.69. The van der Waals surface area contributed by atoms with E-state index in [0.29, 0.717) is 0 Å². The number of aromatic amines is 1. The van der Waals surface area contributed by atoms with Crippen molar-refractivity contribution in [2.45, 2.75) is 0 Å². The Morgan fingerprint density at radius 2 is 2.07 bits per heavy atom. The van der Waals surface area contributed by atoms with Gasteiger partial charge in [-0.3, -0.25) is 4.57 Å². The van der Waals surface area contributed by atoms with Gasteiger partial charge in [-0.25, -0.2) is 13.6 Å². The van der Waals surface area contributed by atoms with Gasteiger partial charge in [-0.1, -0.05) is 0 Å². The molecule has 2 rings (SSSR count). The van der Waals surface area contributed by atoms with Crippen LogP contribution < -0.4 is 5.69 Å². The second kappa shape index (κ2) is 3.10. The lowest BCUT2D eigenvalue weighted by Gasteiger charge is -2.01. The molecule has 0 aliphatic rings. The third-order valence-electron chi connectivity index (χ3n) is 1.82. The van der Waals surface area contributed by atoms with Gasteiger partial charge >= 0.3 is 5.69 Å². The lowest BCUT2D eigenvalue weighted by Crippen LogP contribution is -2.15. The molecule has 3 nitrogen and oxygen atoms in total.